The molecule has 1 aliphatic rings. The number of rotatable bonds is 3. The molecule has 3 nitrogen and oxygen atoms in total. The van der Waals surface area contributed by atoms with E-state index in [1.54, 1.807) is 7.11 Å². The Balaban J connectivity index is 2.32. The number of hydrogen-bond donors (Lipinski definition) is 0. The van der Waals surface area contributed by atoms with Crippen LogP contribution in [-0.2, 0) is 4.74 Å². The van der Waals surface area contributed by atoms with Gasteiger partial charge in [-0.05, 0) is 26.7 Å². The average molecular weight is 142 g/mol. The first kappa shape index (κ1) is 7.66. The van der Waals surface area contributed by atoms with Gasteiger partial charge in [0.2, 0.25) is 0 Å². The van der Waals surface area contributed by atoms with Crippen LogP contribution in [0.25, 0.3) is 0 Å². The Morgan fingerprint density at radius 3 is 2.40 bits per heavy atom. The topological polar surface area (TPSA) is 34.0 Å². The standard InChI is InChI=1S/C7H14N2O/c1-7(2,10-3)9-8-6-4-5-6/h6H,4-5H2,1-3H3/b9-8+. The van der Waals surface area contributed by atoms with Crippen molar-refractivity contribution >= 4 is 0 Å². The minimum absolute atomic E-state index is 0.428. The lowest BCUT2D eigenvalue weighted by Gasteiger charge is -2.14. The lowest BCUT2D eigenvalue weighted by Crippen LogP contribution is -2.18. The van der Waals surface area contributed by atoms with Crippen molar-refractivity contribution in [2.75, 3.05) is 7.11 Å². The van der Waals surface area contributed by atoms with Gasteiger partial charge in [-0.25, -0.2) is 0 Å². The van der Waals surface area contributed by atoms with E-state index in [1.807, 2.05) is 13.8 Å². The van der Waals surface area contributed by atoms with Gasteiger partial charge in [0.05, 0.1) is 6.04 Å². The van der Waals surface area contributed by atoms with Gasteiger partial charge in [-0.1, -0.05) is 0 Å². The molecule has 0 aliphatic heterocycles. The summed E-state index contributed by atoms with van der Waals surface area (Å²) in [6.07, 6.45) is 2.40. The number of azo groups is 1. The second-order valence-corrected chi connectivity index (χ2v) is 3.10. The molecule has 10 heavy (non-hydrogen) atoms. The molecule has 0 radical (unpaired) electrons. The SMILES string of the molecule is COC(C)(C)/N=N/C1CC1. The summed E-state index contributed by atoms with van der Waals surface area (Å²) < 4.78 is 5.06. The maximum Gasteiger partial charge on any atom is 0.172 e. The molecule has 0 aromatic heterocycles. The molecule has 0 aromatic rings. The zero-order valence-corrected chi connectivity index (χ0v) is 6.79. The molecule has 0 atom stereocenters. The van der Waals surface area contributed by atoms with E-state index in [9.17, 15) is 0 Å². The molecular weight excluding hydrogens is 128 g/mol. The molecule has 1 fully saturated rings. The molecule has 58 valence electrons. The van der Waals surface area contributed by atoms with Crippen LogP contribution in [0, 0.1) is 0 Å². The Morgan fingerprint density at radius 2 is 2.00 bits per heavy atom. The van der Waals surface area contributed by atoms with Crippen molar-refractivity contribution in [3.63, 3.8) is 0 Å². The molecule has 0 saturated heterocycles. The van der Waals surface area contributed by atoms with E-state index in [4.69, 9.17) is 4.74 Å². The van der Waals surface area contributed by atoms with E-state index >= 15 is 0 Å². The number of ether oxygens (including phenoxy) is 1. The van der Waals surface area contributed by atoms with E-state index < -0.39 is 5.72 Å². The van der Waals surface area contributed by atoms with Gasteiger partial charge in [0.25, 0.3) is 0 Å². The molecule has 1 rings (SSSR count). The summed E-state index contributed by atoms with van der Waals surface area (Å²) in [5, 5.41) is 8.12. The molecule has 0 amide bonds. The third-order valence-electron chi connectivity index (χ3n) is 1.51. The van der Waals surface area contributed by atoms with Gasteiger partial charge < -0.3 is 4.74 Å². The molecule has 0 bridgehead atoms. The number of nitrogens with zero attached hydrogens (tertiary/aromatic N) is 2. The van der Waals surface area contributed by atoms with Gasteiger partial charge in [-0.3, -0.25) is 0 Å². The summed E-state index contributed by atoms with van der Waals surface area (Å²) in [6.45, 7) is 3.80. The van der Waals surface area contributed by atoms with Crippen LogP contribution in [0.15, 0.2) is 10.2 Å². The molecule has 0 heterocycles. The second-order valence-electron chi connectivity index (χ2n) is 3.10. The van der Waals surface area contributed by atoms with Gasteiger partial charge in [0, 0.05) is 7.11 Å². The Morgan fingerprint density at radius 1 is 1.40 bits per heavy atom. The predicted molar refractivity (Wildman–Crippen MR) is 39.0 cm³/mol. The highest BCUT2D eigenvalue weighted by Gasteiger charge is 2.22. The fourth-order valence-corrected chi connectivity index (χ4v) is 0.452. The van der Waals surface area contributed by atoms with E-state index in [1.165, 1.54) is 12.8 Å². The van der Waals surface area contributed by atoms with Crippen molar-refractivity contribution in [2.24, 2.45) is 10.2 Å². The molecule has 0 unspecified atom stereocenters. The fourth-order valence-electron chi connectivity index (χ4n) is 0.452. The highest BCUT2D eigenvalue weighted by atomic mass is 16.5. The summed E-state index contributed by atoms with van der Waals surface area (Å²) in [4.78, 5) is 0. The van der Waals surface area contributed by atoms with Crippen molar-refractivity contribution in [2.45, 2.75) is 38.5 Å². The first-order chi connectivity index (χ1) is 4.64. The summed E-state index contributed by atoms with van der Waals surface area (Å²) in [7, 11) is 1.64. The minimum Gasteiger partial charge on any atom is -0.356 e. The lowest BCUT2D eigenvalue weighted by atomic mass is 10.3. The smallest absolute Gasteiger partial charge is 0.172 e. The van der Waals surface area contributed by atoms with E-state index in [0.717, 1.165) is 0 Å². The Kier molecular flexibility index (Phi) is 2.04. The summed E-state index contributed by atoms with van der Waals surface area (Å²) in [6, 6.07) is 0.495. The Bertz CT molecular complexity index is 139. The van der Waals surface area contributed by atoms with Gasteiger partial charge in [0.15, 0.2) is 5.72 Å². The largest absolute Gasteiger partial charge is 0.356 e. The van der Waals surface area contributed by atoms with Gasteiger partial charge >= 0.3 is 0 Å². The molecular formula is C7H14N2O. The zero-order valence-electron chi connectivity index (χ0n) is 6.79. The third kappa shape index (κ3) is 2.43. The zero-order chi connectivity index (χ0) is 7.61. The number of hydrogen-bond acceptors (Lipinski definition) is 3. The maximum absolute atomic E-state index is 5.06. The fraction of sp³-hybridized carbons (Fsp3) is 1.00. The van der Waals surface area contributed by atoms with Gasteiger partial charge in [-0.2, -0.15) is 10.2 Å². The molecule has 0 aromatic carbocycles. The molecule has 3 heteroatoms. The van der Waals surface area contributed by atoms with Crippen LogP contribution < -0.4 is 0 Å². The Hall–Kier alpha value is -0.440. The van der Waals surface area contributed by atoms with Crippen molar-refractivity contribution in [1.29, 1.82) is 0 Å². The van der Waals surface area contributed by atoms with Crippen molar-refractivity contribution < 1.29 is 4.74 Å². The summed E-state index contributed by atoms with van der Waals surface area (Å²) in [5.41, 5.74) is -0.428. The quantitative estimate of drug-likeness (QED) is 0.555. The highest BCUT2D eigenvalue weighted by molar-refractivity contribution is 4.80. The van der Waals surface area contributed by atoms with Crippen molar-refractivity contribution in [1.82, 2.24) is 0 Å². The van der Waals surface area contributed by atoms with Crippen LogP contribution in [0.5, 0.6) is 0 Å². The van der Waals surface area contributed by atoms with Gasteiger partial charge in [0.1, 0.15) is 0 Å². The number of methoxy groups -OCH3 is 1. The van der Waals surface area contributed by atoms with E-state index in [2.05, 4.69) is 10.2 Å². The van der Waals surface area contributed by atoms with E-state index in [-0.39, 0.29) is 0 Å². The summed E-state index contributed by atoms with van der Waals surface area (Å²) >= 11 is 0. The van der Waals surface area contributed by atoms with Crippen LogP contribution in [0.2, 0.25) is 0 Å². The third-order valence-corrected chi connectivity index (χ3v) is 1.51. The molecule has 0 N–H and O–H groups in total. The lowest BCUT2D eigenvalue weighted by molar-refractivity contribution is 0.0237. The van der Waals surface area contributed by atoms with E-state index in [0.29, 0.717) is 6.04 Å². The van der Waals surface area contributed by atoms with Crippen LogP contribution in [0.1, 0.15) is 26.7 Å². The highest BCUT2D eigenvalue weighted by Crippen LogP contribution is 2.25. The van der Waals surface area contributed by atoms with Crippen molar-refractivity contribution in [3.05, 3.63) is 0 Å². The first-order valence-electron chi connectivity index (χ1n) is 3.61. The minimum atomic E-state index is -0.428. The predicted octanol–water partition coefficient (Wildman–Crippen LogP) is 1.98. The van der Waals surface area contributed by atoms with Crippen molar-refractivity contribution in [3.8, 4) is 0 Å². The molecule has 1 saturated carbocycles. The molecule has 0 spiro atoms. The summed E-state index contributed by atoms with van der Waals surface area (Å²) in [5.74, 6) is 0. The van der Waals surface area contributed by atoms with Crippen LogP contribution in [0.3, 0.4) is 0 Å². The van der Waals surface area contributed by atoms with Crippen LogP contribution in [-0.4, -0.2) is 18.9 Å². The van der Waals surface area contributed by atoms with Gasteiger partial charge in [-0.15, -0.1) is 0 Å². The second kappa shape index (κ2) is 2.66. The maximum atomic E-state index is 5.06. The van der Waals surface area contributed by atoms with Crippen LogP contribution >= 0.6 is 0 Å². The monoisotopic (exact) mass is 142 g/mol. The first-order valence-corrected chi connectivity index (χ1v) is 3.61. The van der Waals surface area contributed by atoms with Crippen LogP contribution in [0.4, 0.5) is 0 Å². The normalized spacial score (nSPS) is 20.3. The Labute approximate surface area is 61.5 Å². The molecule has 1 aliphatic carbocycles. The average Bonchev–Trinajstić information content (AvgIpc) is 2.66.